The van der Waals surface area contributed by atoms with Crippen molar-refractivity contribution < 1.29 is 19.8 Å². The molecule has 0 heterocycles. The van der Waals surface area contributed by atoms with Crippen molar-refractivity contribution in [2.75, 3.05) is 7.05 Å². The Morgan fingerprint density at radius 2 is 1.25 bits per heavy atom. The normalized spacial score (nSPS) is 6.17. The average Bonchev–Trinajstić information content (AvgIpc) is 1.89. The zero-order valence-electron chi connectivity index (χ0n) is 6.11. The van der Waals surface area contributed by atoms with Gasteiger partial charge in [-0.15, -0.1) is 12.4 Å². The summed E-state index contributed by atoms with van der Waals surface area (Å²) < 4.78 is 0. The van der Waals surface area contributed by atoms with Crippen LogP contribution in [0, 0.1) is 0 Å². The van der Waals surface area contributed by atoms with E-state index >= 15 is 0 Å². The molecule has 0 aromatic carbocycles. The Labute approximate surface area is 99.0 Å². The van der Waals surface area contributed by atoms with E-state index in [0.29, 0.717) is 0 Å². The first kappa shape index (κ1) is 22.8. The van der Waals surface area contributed by atoms with Gasteiger partial charge in [0.2, 0.25) is 0 Å². The summed E-state index contributed by atoms with van der Waals surface area (Å²) in [5.74, 6) is -2.15. The van der Waals surface area contributed by atoms with Gasteiger partial charge in [0.25, 0.3) is 0 Å². The molecule has 4 N–H and O–H groups in total. The van der Waals surface area contributed by atoms with E-state index in [4.69, 9.17) is 10.2 Å². The summed E-state index contributed by atoms with van der Waals surface area (Å²) in [7, 11) is 1.50. The summed E-state index contributed by atoms with van der Waals surface area (Å²) >= 11 is 0. The van der Waals surface area contributed by atoms with E-state index in [1.807, 2.05) is 0 Å². The number of rotatable bonds is 3. The summed E-state index contributed by atoms with van der Waals surface area (Å²) in [6, 6.07) is 0. The number of carboxylic acids is 2. The van der Waals surface area contributed by atoms with Gasteiger partial charge in [-0.05, 0) is 7.05 Å². The minimum atomic E-state index is -1.08. The van der Waals surface area contributed by atoms with Crippen LogP contribution in [0.1, 0.15) is 12.8 Å². The summed E-state index contributed by atoms with van der Waals surface area (Å²) in [6.07, 6.45) is -0.593. The summed E-state index contributed by atoms with van der Waals surface area (Å²) in [4.78, 5) is 19.3. The van der Waals surface area contributed by atoms with Crippen LogP contribution >= 0.6 is 12.4 Å². The fourth-order valence-corrected chi connectivity index (χ4v) is 0.214. The molecule has 7 heteroatoms. The molecule has 0 amide bonds. The molecule has 0 saturated carbocycles. The first-order valence-electron chi connectivity index (χ1n) is 2.64. The summed E-state index contributed by atoms with van der Waals surface area (Å²) in [6.45, 7) is 0. The van der Waals surface area contributed by atoms with Crippen LogP contribution in [0.2, 0.25) is 0 Å². The van der Waals surface area contributed by atoms with E-state index in [0.717, 1.165) is 0 Å². The Morgan fingerprint density at radius 1 is 1.08 bits per heavy atom. The van der Waals surface area contributed by atoms with Gasteiger partial charge in [-0.1, -0.05) is 0 Å². The molecule has 0 aliphatic carbocycles. The van der Waals surface area contributed by atoms with E-state index in [2.05, 4.69) is 5.73 Å². The molecule has 0 aliphatic heterocycles. The van der Waals surface area contributed by atoms with Crippen molar-refractivity contribution in [1.82, 2.24) is 0 Å². The molecule has 70 valence electrons. The van der Waals surface area contributed by atoms with Crippen LogP contribution < -0.4 is 5.73 Å². The number of aliphatic carboxylic acids is 2. The van der Waals surface area contributed by atoms with Gasteiger partial charge in [0, 0.05) is 0 Å². The Hall–Kier alpha value is 0.190. The molecule has 12 heavy (non-hydrogen) atoms. The van der Waals surface area contributed by atoms with Crippen LogP contribution in [0.3, 0.4) is 0 Å². The Bertz CT molecular complexity index is 108. The first-order chi connectivity index (χ1) is 4.63. The maximum absolute atomic E-state index is 9.64. The average molecular weight is 210 g/mol. The Morgan fingerprint density at radius 3 is 1.33 bits per heavy atom. The third-order valence-corrected chi connectivity index (χ3v) is 0.553. The molecule has 0 fully saturated rings. The molecule has 0 bridgehead atoms. The van der Waals surface area contributed by atoms with Gasteiger partial charge < -0.3 is 15.9 Å². The van der Waals surface area contributed by atoms with E-state index in [1.165, 1.54) is 7.05 Å². The number of carbonyl (C=O) groups is 2. The molecule has 0 saturated heterocycles. The van der Waals surface area contributed by atoms with Crippen LogP contribution in [0.4, 0.5) is 0 Å². The summed E-state index contributed by atoms with van der Waals surface area (Å²) in [5, 5.41) is 15.8. The van der Waals surface area contributed by atoms with Crippen molar-refractivity contribution in [1.29, 1.82) is 0 Å². The third kappa shape index (κ3) is 31.9. The van der Waals surface area contributed by atoms with Gasteiger partial charge in [-0.25, -0.2) is 0 Å². The van der Waals surface area contributed by atoms with Gasteiger partial charge in [-0.3, -0.25) is 9.59 Å². The van der Waals surface area contributed by atoms with Crippen molar-refractivity contribution in [3.63, 3.8) is 0 Å². The summed E-state index contributed by atoms with van der Waals surface area (Å²) in [5.41, 5.74) is 4.50. The fourth-order valence-electron chi connectivity index (χ4n) is 0.214. The SMILES string of the molecule is CN.Cl.O=C(O)CCC(=O)O.[NaH]. The van der Waals surface area contributed by atoms with E-state index < -0.39 is 11.9 Å². The fraction of sp³-hybridized carbons (Fsp3) is 0.600. The van der Waals surface area contributed by atoms with Gasteiger partial charge in [0.05, 0.1) is 12.8 Å². The molecule has 0 rings (SSSR count). The zero-order chi connectivity index (χ0) is 8.57. The second-order valence-electron chi connectivity index (χ2n) is 1.29. The number of nitrogens with two attached hydrogens (primary N) is 1. The molecular weight excluding hydrogens is 197 g/mol. The standard InChI is InChI=1S/C4H6O4.CH5N.ClH.Na.H/c5-3(6)1-2-4(7)8;1-2;;;/h1-2H2,(H,5,6)(H,7,8);2H2,1H3;1H;;. The van der Waals surface area contributed by atoms with Gasteiger partial charge in [0.1, 0.15) is 0 Å². The van der Waals surface area contributed by atoms with E-state index in [1.54, 1.807) is 0 Å². The van der Waals surface area contributed by atoms with Crippen LogP contribution in [-0.4, -0.2) is 58.8 Å². The number of hydrogen-bond acceptors (Lipinski definition) is 3. The second-order valence-corrected chi connectivity index (χ2v) is 1.29. The van der Waals surface area contributed by atoms with Gasteiger partial charge in [-0.2, -0.15) is 0 Å². The number of halogens is 1. The van der Waals surface area contributed by atoms with E-state index in [9.17, 15) is 9.59 Å². The topological polar surface area (TPSA) is 101 Å². The van der Waals surface area contributed by atoms with Crippen LogP contribution in [0.15, 0.2) is 0 Å². The second kappa shape index (κ2) is 17.3. The van der Waals surface area contributed by atoms with Gasteiger partial charge in [0.15, 0.2) is 0 Å². The van der Waals surface area contributed by atoms with E-state index in [-0.39, 0.29) is 54.8 Å². The number of hydrogen-bond donors (Lipinski definition) is 3. The Balaban J connectivity index is -0.0000000740. The van der Waals surface area contributed by atoms with Crippen molar-refractivity contribution in [2.24, 2.45) is 5.73 Å². The molecule has 0 unspecified atom stereocenters. The zero-order valence-corrected chi connectivity index (χ0v) is 6.93. The predicted molar refractivity (Wildman–Crippen MR) is 49.0 cm³/mol. The Kier molecular flexibility index (Phi) is 32.8. The molecular formula is C5H13ClNNaO4. The molecule has 0 atom stereocenters. The molecule has 0 aromatic rings. The van der Waals surface area contributed by atoms with Crippen LogP contribution in [0.25, 0.3) is 0 Å². The minimum absolute atomic E-state index is 0. The van der Waals surface area contributed by atoms with Crippen molar-refractivity contribution in [3.8, 4) is 0 Å². The number of carboxylic acid groups (broad SMARTS) is 2. The maximum atomic E-state index is 9.64. The third-order valence-electron chi connectivity index (χ3n) is 0.553. The van der Waals surface area contributed by atoms with Crippen LogP contribution in [0.5, 0.6) is 0 Å². The predicted octanol–water partition coefficient (Wildman–Crippen LogP) is -0.716. The molecule has 0 spiro atoms. The van der Waals surface area contributed by atoms with Gasteiger partial charge >= 0.3 is 41.5 Å². The molecule has 0 radical (unpaired) electrons. The molecule has 0 aromatic heterocycles. The van der Waals surface area contributed by atoms with Crippen molar-refractivity contribution in [2.45, 2.75) is 12.8 Å². The molecule has 0 aliphatic rings. The quantitative estimate of drug-likeness (QED) is 0.533. The molecule has 5 nitrogen and oxygen atoms in total. The van der Waals surface area contributed by atoms with Crippen LogP contribution in [-0.2, 0) is 9.59 Å². The van der Waals surface area contributed by atoms with Crippen molar-refractivity contribution >= 4 is 53.9 Å². The van der Waals surface area contributed by atoms with Crippen molar-refractivity contribution in [3.05, 3.63) is 0 Å². The monoisotopic (exact) mass is 209 g/mol. The first-order valence-corrected chi connectivity index (χ1v) is 2.64.